The number of anilines is 2. The van der Waals surface area contributed by atoms with Gasteiger partial charge in [-0.15, -0.1) is 11.3 Å². The van der Waals surface area contributed by atoms with E-state index >= 15 is 0 Å². The number of thiophene rings is 1. The number of rotatable bonds is 6. The van der Waals surface area contributed by atoms with E-state index in [1.807, 2.05) is 60.0 Å². The minimum Gasteiger partial charge on any atom is -0.351 e. The summed E-state index contributed by atoms with van der Waals surface area (Å²) in [6.07, 6.45) is 0.307. The second-order valence-electron chi connectivity index (χ2n) is 5.67. The SMILES string of the molecule is O=C(Cc1ccc(NC(=O)Nc2ccccc2)cc1)NCc1cccs1. The number of para-hydroxylation sites is 1. The highest BCUT2D eigenvalue weighted by atomic mass is 32.1. The fourth-order valence-corrected chi connectivity index (χ4v) is 3.01. The second kappa shape index (κ2) is 8.82. The first-order valence-electron chi connectivity index (χ1n) is 8.20. The lowest BCUT2D eigenvalue weighted by molar-refractivity contribution is -0.120. The van der Waals surface area contributed by atoms with Gasteiger partial charge in [-0.25, -0.2) is 4.79 Å². The lowest BCUT2D eigenvalue weighted by Gasteiger charge is -2.08. The molecule has 0 aliphatic rings. The molecule has 5 nitrogen and oxygen atoms in total. The van der Waals surface area contributed by atoms with E-state index in [-0.39, 0.29) is 11.9 Å². The fourth-order valence-electron chi connectivity index (χ4n) is 2.37. The van der Waals surface area contributed by atoms with Gasteiger partial charge in [0.25, 0.3) is 0 Å². The van der Waals surface area contributed by atoms with E-state index in [1.165, 1.54) is 0 Å². The molecule has 0 unspecified atom stereocenters. The molecule has 2 aromatic carbocycles. The number of carbonyl (C=O) groups is 2. The molecule has 3 amide bonds. The number of urea groups is 1. The Kier molecular flexibility index (Phi) is 6.01. The number of nitrogens with one attached hydrogen (secondary N) is 3. The molecular weight excluding hydrogens is 346 g/mol. The standard InChI is InChI=1S/C20H19N3O2S/c24-19(21-14-18-7-4-12-26-18)13-15-8-10-17(11-9-15)23-20(25)22-16-5-2-1-3-6-16/h1-12H,13-14H2,(H,21,24)(H2,22,23,25). The summed E-state index contributed by atoms with van der Waals surface area (Å²) in [6, 6.07) is 20.1. The molecule has 0 spiro atoms. The van der Waals surface area contributed by atoms with Crippen molar-refractivity contribution in [2.24, 2.45) is 0 Å². The van der Waals surface area contributed by atoms with E-state index in [4.69, 9.17) is 0 Å². The minimum absolute atomic E-state index is 0.0269. The number of hydrogen-bond donors (Lipinski definition) is 3. The Morgan fingerprint density at radius 3 is 2.15 bits per heavy atom. The Balaban J connectivity index is 1.46. The number of amides is 3. The van der Waals surface area contributed by atoms with Gasteiger partial charge in [-0.3, -0.25) is 4.79 Å². The molecule has 1 heterocycles. The summed E-state index contributed by atoms with van der Waals surface area (Å²) in [6.45, 7) is 0.551. The molecule has 0 bridgehead atoms. The zero-order valence-corrected chi connectivity index (χ0v) is 14.9. The van der Waals surface area contributed by atoms with Crippen molar-refractivity contribution in [3.8, 4) is 0 Å². The minimum atomic E-state index is -0.308. The van der Waals surface area contributed by atoms with Crippen LogP contribution in [0.1, 0.15) is 10.4 Å². The molecule has 0 saturated heterocycles. The molecule has 0 atom stereocenters. The van der Waals surface area contributed by atoms with E-state index in [9.17, 15) is 9.59 Å². The zero-order valence-electron chi connectivity index (χ0n) is 14.1. The predicted molar refractivity (Wildman–Crippen MR) is 105 cm³/mol. The van der Waals surface area contributed by atoms with Gasteiger partial charge in [-0.05, 0) is 41.3 Å². The topological polar surface area (TPSA) is 70.2 Å². The van der Waals surface area contributed by atoms with Crippen LogP contribution in [-0.2, 0) is 17.8 Å². The lowest BCUT2D eigenvalue weighted by Crippen LogP contribution is -2.24. The Hall–Kier alpha value is -3.12. The quantitative estimate of drug-likeness (QED) is 0.611. The van der Waals surface area contributed by atoms with Crippen molar-refractivity contribution in [1.29, 1.82) is 0 Å². The second-order valence-corrected chi connectivity index (χ2v) is 6.71. The first-order valence-corrected chi connectivity index (χ1v) is 9.08. The monoisotopic (exact) mass is 365 g/mol. The molecule has 0 fully saturated rings. The lowest BCUT2D eigenvalue weighted by atomic mass is 10.1. The molecule has 26 heavy (non-hydrogen) atoms. The maximum Gasteiger partial charge on any atom is 0.323 e. The third-order valence-corrected chi connectivity index (χ3v) is 4.52. The van der Waals surface area contributed by atoms with Gasteiger partial charge >= 0.3 is 6.03 Å². The molecule has 6 heteroatoms. The summed E-state index contributed by atoms with van der Waals surface area (Å²) in [4.78, 5) is 25.1. The third kappa shape index (κ3) is 5.46. The molecule has 0 aliphatic heterocycles. The van der Waals surface area contributed by atoms with Gasteiger partial charge in [-0.1, -0.05) is 36.4 Å². The first kappa shape index (κ1) is 17.7. The van der Waals surface area contributed by atoms with E-state index in [0.717, 1.165) is 16.1 Å². The van der Waals surface area contributed by atoms with E-state index < -0.39 is 0 Å². The number of hydrogen-bond acceptors (Lipinski definition) is 3. The van der Waals surface area contributed by atoms with Gasteiger partial charge in [-0.2, -0.15) is 0 Å². The molecule has 1 aromatic heterocycles. The van der Waals surface area contributed by atoms with Gasteiger partial charge in [0.1, 0.15) is 0 Å². The highest BCUT2D eigenvalue weighted by molar-refractivity contribution is 7.09. The van der Waals surface area contributed by atoms with Crippen LogP contribution in [0.3, 0.4) is 0 Å². The van der Waals surface area contributed by atoms with Crippen LogP contribution in [0.2, 0.25) is 0 Å². The van der Waals surface area contributed by atoms with Crippen LogP contribution >= 0.6 is 11.3 Å². The molecule has 0 radical (unpaired) electrons. The zero-order chi connectivity index (χ0) is 18.2. The van der Waals surface area contributed by atoms with Gasteiger partial charge in [0.2, 0.25) is 5.91 Å². The first-order chi connectivity index (χ1) is 12.7. The van der Waals surface area contributed by atoms with Crippen LogP contribution in [0, 0.1) is 0 Å². The van der Waals surface area contributed by atoms with Crippen LogP contribution in [-0.4, -0.2) is 11.9 Å². The van der Waals surface area contributed by atoms with Crippen LogP contribution in [0.5, 0.6) is 0 Å². The van der Waals surface area contributed by atoms with Crippen LogP contribution in [0.25, 0.3) is 0 Å². The summed E-state index contributed by atoms with van der Waals surface area (Å²) in [7, 11) is 0. The van der Waals surface area contributed by atoms with E-state index in [1.54, 1.807) is 23.5 Å². The average molecular weight is 365 g/mol. The van der Waals surface area contributed by atoms with E-state index in [2.05, 4.69) is 16.0 Å². The largest absolute Gasteiger partial charge is 0.351 e. The molecule has 0 aliphatic carbocycles. The van der Waals surface area contributed by atoms with E-state index in [0.29, 0.717) is 18.7 Å². The normalized spacial score (nSPS) is 10.2. The van der Waals surface area contributed by atoms with Gasteiger partial charge in [0, 0.05) is 16.3 Å². The van der Waals surface area contributed by atoms with Crippen LogP contribution in [0.4, 0.5) is 16.2 Å². The van der Waals surface area contributed by atoms with Gasteiger partial charge in [0.15, 0.2) is 0 Å². The number of benzene rings is 2. The van der Waals surface area contributed by atoms with Crippen molar-refractivity contribution in [2.45, 2.75) is 13.0 Å². The van der Waals surface area contributed by atoms with Crippen molar-refractivity contribution in [1.82, 2.24) is 5.32 Å². The van der Waals surface area contributed by atoms with Crippen molar-refractivity contribution in [3.05, 3.63) is 82.6 Å². The summed E-state index contributed by atoms with van der Waals surface area (Å²) in [5, 5.41) is 10.4. The molecule has 132 valence electrons. The van der Waals surface area contributed by atoms with Gasteiger partial charge in [0.05, 0.1) is 13.0 Å². The van der Waals surface area contributed by atoms with Crippen molar-refractivity contribution >= 4 is 34.6 Å². The molecular formula is C20H19N3O2S. The molecule has 0 saturated carbocycles. The van der Waals surface area contributed by atoms with Gasteiger partial charge < -0.3 is 16.0 Å². The summed E-state index contributed by atoms with van der Waals surface area (Å²) in [5.74, 6) is -0.0269. The van der Waals surface area contributed by atoms with Crippen molar-refractivity contribution in [3.63, 3.8) is 0 Å². The maximum atomic E-state index is 12.0. The summed E-state index contributed by atoms with van der Waals surface area (Å²) >= 11 is 1.62. The van der Waals surface area contributed by atoms with Crippen LogP contribution < -0.4 is 16.0 Å². The molecule has 3 aromatic rings. The Morgan fingerprint density at radius 1 is 0.808 bits per heavy atom. The maximum absolute atomic E-state index is 12.0. The highest BCUT2D eigenvalue weighted by Gasteiger charge is 2.06. The highest BCUT2D eigenvalue weighted by Crippen LogP contribution is 2.12. The fraction of sp³-hybridized carbons (Fsp3) is 0.100. The molecule has 3 rings (SSSR count). The average Bonchev–Trinajstić information content (AvgIpc) is 3.16. The number of carbonyl (C=O) groups excluding carboxylic acids is 2. The van der Waals surface area contributed by atoms with Crippen molar-refractivity contribution in [2.75, 3.05) is 10.6 Å². The van der Waals surface area contributed by atoms with Crippen LogP contribution in [0.15, 0.2) is 72.1 Å². The Morgan fingerprint density at radius 2 is 1.50 bits per heavy atom. The predicted octanol–water partition coefficient (Wildman–Crippen LogP) is 4.25. The van der Waals surface area contributed by atoms with Crippen molar-refractivity contribution < 1.29 is 9.59 Å². The Labute approximate surface area is 156 Å². The summed E-state index contributed by atoms with van der Waals surface area (Å²) in [5.41, 5.74) is 2.29. The third-order valence-electron chi connectivity index (χ3n) is 3.65. The smallest absolute Gasteiger partial charge is 0.323 e. The summed E-state index contributed by atoms with van der Waals surface area (Å²) < 4.78 is 0. The molecule has 3 N–H and O–H groups in total. The Bertz CT molecular complexity index is 847.